The molecule has 2 aromatic rings. The second-order valence-electron chi connectivity index (χ2n) is 7.91. The van der Waals surface area contributed by atoms with Gasteiger partial charge in [0.05, 0.1) is 5.69 Å². The smallest absolute Gasteiger partial charge is 0.191 e. The Kier molecular flexibility index (Phi) is 6.78. The van der Waals surface area contributed by atoms with Gasteiger partial charge in [-0.05, 0) is 63.1 Å². The highest BCUT2D eigenvalue weighted by atomic mass is 32.1. The molecule has 2 unspecified atom stereocenters. The second kappa shape index (κ2) is 9.09. The minimum Gasteiger partial charge on any atom is -0.355 e. The third-order valence-electron chi connectivity index (χ3n) is 5.80. The van der Waals surface area contributed by atoms with Gasteiger partial charge in [0.15, 0.2) is 5.96 Å². The second-order valence-corrected chi connectivity index (χ2v) is 8.91. The number of thiophene rings is 1. The molecule has 28 heavy (non-hydrogen) atoms. The van der Waals surface area contributed by atoms with Crippen molar-refractivity contribution in [3.8, 4) is 0 Å². The van der Waals surface area contributed by atoms with Gasteiger partial charge in [0.25, 0.3) is 0 Å². The van der Waals surface area contributed by atoms with Crippen LogP contribution in [0.5, 0.6) is 0 Å². The summed E-state index contributed by atoms with van der Waals surface area (Å²) in [5.41, 5.74) is 5.18. The van der Waals surface area contributed by atoms with E-state index in [0.29, 0.717) is 6.04 Å². The monoisotopic (exact) mass is 402 g/mol. The van der Waals surface area contributed by atoms with Gasteiger partial charge >= 0.3 is 0 Å². The van der Waals surface area contributed by atoms with Gasteiger partial charge in [-0.2, -0.15) is 5.10 Å². The predicted octanol–water partition coefficient (Wildman–Crippen LogP) is 2.64. The van der Waals surface area contributed by atoms with Crippen molar-refractivity contribution >= 4 is 17.3 Å². The number of nitrogens with zero attached hydrogens (tertiary/aromatic N) is 4. The highest BCUT2D eigenvalue weighted by Gasteiger charge is 2.21. The Labute approximate surface area is 173 Å². The number of aryl methyl sites for hydroxylation is 2. The van der Waals surface area contributed by atoms with Crippen LogP contribution in [0.4, 0.5) is 0 Å². The number of hydrogen-bond acceptors (Lipinski definition) is 4. The molecule has 2 aromatic heterocycles. The maximum atomic E-state index is 4.52. The van der Waals surface area contributed by atoms with E-state index < -0.39 is 0 Å². The molecule has 154 valence electrons. The van der Waals surface area contributed by atoms with Gasteiger partial charge < -0.3 is 10.6 Å². The van der Waals surface area contributed by atoms with Crippen molar-refractivity contribution in [3.63, 3.8) is 0 Å². The van der Waals surface area contributed by atoms with Crippen molar-refractivity contribution in [2.75, 3.05) is 20.1 Å². The number of rotatable bonds is 6. The zero-order chi connectivity index (χ0) is 20.3. The molecule has 7 heteroatoms. The van der Waals surface area contributed by atoms with Crippen LogP contribution in [0.25, 0.3) is 0 Å². The summed E-state index contributed by atoms with van der Waals surface area (Å²) in [5, 5.41) is 13.8. The minimum absolute atomic E-state index is 0.284. The van der Waals surface area contributed by atoms with Crippen LogP contribution in [0, 0.1) is 13.8 Å². The van der Waals surface area contributed by atoms with Crippen molar-refractivity contribution in [3.05, 3.63) is 38.8 Å². The van der Waals surface area contributed by atoms with Crippen molar-refractivity contribution < 1.29 is 0 Å². The van der Waals surface area contributed by atoms with E-state index in [2.05, 4.69) is 64.8 Å². The van der Waals surface area contributed by atoms with Crippen LogP contribution in [0.15, 0.2) is 16.4 Å². The molecule has 0 amide bonds. The van der Waals surface area contributed by atoms with Crippen molar-refractivity contribution in [2.45, 2.75) is 59.2 Å². The Bertz CT molecular complexity index is 821. The predicted molar refractivity (Wildman–Crippen MR) is 118 cm³/mol. The molecule has 3 rings (SSSR count). The highest BCUT2D eigenvalue weighted by molar-refractivity contribution is 7.10. The summed E-state index contributed by atoms with van der Waals surface area (Å²) in [5.74, 6) is 0.867. The Morgan fingerprint density at radius 3 is 2.82 bits per heavy atom. The van der Waals surface area contributed by atoms with Gasteiger partial charge in [-0.3, -0.25) is 14.6 Å². The molecule has 0 fully saturated rings. The third kappa shape index (κ3) is 4.75. The van der Waals surface area contributed by atoms with E-state index in [1.165, 1.54) is 23.2 Å². The van der Waals surface area contributed by atoms with Gasteiger partial charge in [0.1, 0.15) is 0 Å². The zero-order valence-electron chi connectivity index (χ0n) is 18.0. The molecular formula is C21H34N6S. The molecule has 0 aliphatic carbocycles. The average molecular weight is 403 g/mol. The van der Waals surface area contributed by atoms with Crippen molar-refractivity contribution in [2.24, 2.45) is 12.0 Å². The van der Waals surface area contributed by atoms with Gasteiger partial charge in [-0.15, -0.1) is 11.3 Å². The van der Waals surface area contributed by atoms with Crippen LogP contribution in [0.1, 0.15) is 41.2 Å². The molecule has 3 heterocycles. The number of hydrogen-bond donors (Lipinski definition) is 2. The zero-order valence-corrected chi connectivity index (χ0v) is 18.9. The number of guanidine groups is 1. The number of aliphatic imine (C=N–C) groups is 1. The Balaban J connectivity index is 1.49. The average Bonchev–Trinajstić information content (AvgIpc) is 3.24. The lowest BCUT2D eigenvalue weighted by molar-refractivity contribution is 0.192. The molecule has 2 atom stereocenters. The summed E-state index contributed by atoms with van der Waals surface area (Å²) in [6.07, 6.45) is 2.11. The van der Waals surface area contributed by atoms with E-state index in [0.717, 1.165) is 37.7 Å². The lowest BCUT2D eigenvalue weighted by Crippen LogP contribution is -2.49. The van der Waals surface area contributed by atoms with Crippen LogP contribution < -0.4 is 10.6 Å². The quantitative estimate of drug-likeness (QED) is 0.576. The first-order chi connectivity index (χ1) is 13.4. The van der Waals surface area contributed by atoms with Gasteiger partial charge in [0.2, 0.25) is 0 Å². The molecular weight excluding hydrogens is 368 g/mol. The maximum Gasteiger partial charge on any atom is 0.191 e. The molecule has 0 bridgehead atoms. The fourth-order valence-electron chi connectivity index (χ4n) is 3.92. The third-order valence-corrected chi connectivity index (χ3v) is 6.82. The molecule has 0 spiro atoms. The first-order valence-electron chi connectivity index (χ1n) is 10.1. The minimum atomic E-state index is 0.284. The summed E-state index contributed by atoms with van der Waals surface area (Å²) in [7, 11) is 3.84. The van der Waals surface area contributed by atoms with Crippen LogP contribution in [0.2, 0.25) is 0 Å². The maximum absolute atomic E-state index is 4.52. The standard InChI is InChI=1S/C21H34N6S/c1-14(11-19-16(3)25-26(6)17(19)4)24-21(22-5)23-12-15(2)27-9-7-20-18(13-27)8-10-28-20/h8,10,14-15H,7,9,11-13H2,1-6H3,(H2,22,23,24). The lowest BCUT2D eigenvalue weighted by atomic mass is 10.1. The number of aromatic nitrogens is 2. The summed E-state index contributed by atoms with van der Waals surface area (Å²) in [4.78, 5) is 8.54. The Hall–Kier alpha value is -1.86. The van der Waals surface area contributed by atoms with Gasteiger partial charge in [-0.1, -0.05) is 0 Å². The molecule has 2 N–H and O–H groups in total. The van der Waals surface area contributed by atoms with Gasteiger partial charge in [0, 0.05) is 56.4 Å². The van der Waals surface area contributed by atoms with Crippen LogP contribution in [-0.4, -0.2) is 52.9 Å². The lowest BCUT2D eigenvalue weighted by Gasteiger charge is -2.33. The highest BCUT2D eigenvalue weighted by Crippen LogP contribution is 2.25. The van der Waals surface area contributed by atoms with E-state index in [1.54, 1.807) is 4.88 Å². The number of fused-ring (bicyclic) bond motifs is 1. The fourth-order valence-corrected chi connectivity index (χ4v) is 4.81. The molecule has 1 aliphatic heterocycles. The van der Waals surface area contributed by atoms with Crippen molar-refractivity contribution in [1.82, 2.24) is 25.3 Å². The van der Waals surface area contributed by atoms with Crippen molar-refractivity contribution in [1.29, 1.82) is 0 Å². The molecule has 0 radical (unpaired) electrons. The summed E-state index contributed by atoms with van der Waals surface area (Å²) in [6, 6.07) is 3.02. The summed E-state index contributed by atoms with van der Waals surface area (Å²) >= 11 is 1.89. The van der Waals surface area contributed by atoms with Crippen LogP contribution >= 0.6 is 11.3 Å². The fraction of sp³-hybridized carbons (Fsp3) is 0.619. The van der Waals surface area contributed by atoms with E-state index >= 15 is 0 Å². The largest absolute Gasteiger partial charge is 0.355 e. The summed E-state index contributed by atoms with van der Waals surface area (Å²) in [6.45, 7) is 11.8. The van der Waals surface area contributed by atoms with Crippen LogP contribution in [0.3, 0.4) is 0 Å². The van der Waals surface area contributed by atoms with E-state index in [9.17, 15) is 0 Å². The molecule has 0 saturated carbocycles. The molecule has 6 nitrogen and oxygen atoms in total. The van der Waals surface area contributed by atoms with E-state index in [4.69, 9.17) is 0 Å². The molecule has 1 aliphatic rings. The molecule has 0 aromatic carbocycles. The first-order valence-corrected chi connectivity index (χ1v) is 11.0. The topological polar surface area (TPSA) is 57.5 Å². The normalized spacial score (nSPS) is 17.3. The SMILES string of the molecule is CN=C(NCC(C)N1CCc2sccc2C1)NC(C)Cc1c(C)nn(C)c1C. The van der Waals surface area contributed by atoms with E-state index in [1.807, 2.05) is 30.1 Å². The Morgan fingerprint density at radius 2 is 2.14 bits per heavy atom. The first kappa shape index (κ1) is 20.9. The molecule has 0 saturated heterocycles. The Morgan fingerprint density at radius 1 is 1.36 bits per heavy atom. The van der Waals surface area contributed by atoms with E-state index in [-0.39, 0.29) is 6.04 Å². The van der Waals surface area contributed by atoms with Crippen LogP contribution in [-0.2, 0) is 26.4 Å². The van der Waals surface area contributed by atoms with Gasteiger partial charge in [-0.25, -0.2) is 0 Å². The number of nitrogens with one attached hydrogen (secondary N) is 2. The summed E-state index contributed by atoms with van der Waals surface area (Å²) < 4.78 is 1.96.